The van der Waals surface area contributed by atoms with Crippen molar-refractivity contribution in [2.24, 2.45) is 0 Å². The number of benzene rings is 1. The third-order valence-corrected chi connectivity index (χ3v) is 2.30. The summed E-state index contributed by atoms with van der Waals surface area (Å²) in [5, 5.41) is -0.758. The Morgan fingerprint density at radius 3 is 1.95 bits per heavy atom. The quantitative estimate of drug-likeness (QED) is 0.468. The Kier molecular flexibility index (Phi) is 6.48. The molecule has 8 heteroatoms. The first kappa shape index (κ1) is 16.8. The SMILES string of the molecule is CCOC(=O)Oc1ccc(C(=O)Cl)cc1OC(=O)OCC. The molecule has 0 heterocycles. The van der Waals surface area contributed by atoms with Crippen molar-refractivity contribution in [1.29, 1.82) is 0 Å². The van der Waals surface area contributed by atoms with Crippen molar-refractivity contribution in [1.82, 2.24) is 0 Å². The lowest BCUT2D eigenvalue weighted by Crippen LogP contribution is -2.14. The van der Waals surface area contributed by atoms with E-state index in [1.54, 1.807) is 13.8 Å². The molecule has 0 amide bonds. The molecule has 0 fully saturated rings. The molecule has 1 rings (SSSR count). The minimum Gasteiger partial charge on any atom is -0.434 e. The summed E-state index contributed by atoms with van der Waals surface area (Å²) < 4.78 is 18.9. The first-order valence-electron chi connectivity index (χ1n) is 6.01. The fourth-order valence-electron chi connectivity index (χ4n) is 1.27. The second-order valence-electron chi connectivity index (χ2n) is 3.51. The zero-order valence-corrected chi connectivity index (χ0v) is 12.1. The van der Waals surface area contributed by atoms with E-state index in [1.165, 1.54) is 12.1 Å². The van der Waals surface area contributed by atoms with Crippen LogP contribution in [-0.4, -0.2) is 30.8 Å². The lowest BCUT2D eigenvalue weighted by Gasteiger charge is -2.10. The normalized spacial score (nSPS) is 9.67. The number of hydrogen-bond donors (Lipinski definition) is 0. The van der Waals surface area contributed by atoms with Crippen molar-refractivity contribution in [2.75, 3.05) is 13.2 Å². The minimum atomic E-state index is -1.01. The van der Waals surface area contributed by atoms with Crippen LogP contribution in [0.25, 0.3) is 0 Å². The van der Waals surface area contributed by atoms with Gasteiger partial charge >= 0.3 is 12.3 Å². The van der Waals surface area contributed by atoms with Gasteiger partial charge in [-0.05, 0) is 43.6 Å². The van der Waals surface area contributed by atoms with Crippen molar-refractivity contribution >= 4 is 29.2 Å². The maximum absolute atomic E-state index is 11.3. The van der Waals surface area contributed by atoms with Crippen molar-refractivity contribution in [3.05, 3.63) is 23.8 Å². The molecule has 114 valence electrons. The maximum atomic E-state index is 11.3. The number of carbonyl (C=O) groups excluding carboxylic acids is 3. The molecule has 0 bridgehead atoms. The fraction of sp³-hybridized carbons (Fsp3) is 0.308. The Labute approximate surface area is 125 Å². The summed E-state index contributed by atoms with van der Waals surface area (Å²) in [4.78, 5) is 33.7. The lowest BCUT2D eigenvalue weighted by atomic mass is 10.2. The predicted molar refractivity (Wildman–Crippen MR) is 71.9 cm³/mol. The lowest BCUT2D eigenvalue weighted by molar-refractivity contribution is 0.0938. The Morgan fingerprint density at radius 1 is 0.952 bits per heavy atom. The summed E-state index contributed by atoms with van der Waals surface area (Å²) in [5.41, 5.74) is 0.0622. The second-order valence-corrected chi connectivity index (χ2v) is 3.85. The first-order chi connectivity index (χ1) is 9.97. The van der Waals surface area contributed by atoms with Gasteiger partial charge in [0.1, 0.15) is 0 Å². The van der Waals surface area contributed by atoms with Crippen molar-refractivity contribution in [3.8, 4) is 11.5 Å². The van der Waals surface area contributed by atoms with Crippen LogP contribution in [0.3, 0.4) is 0 Å². The molecule has 0 aromatic heterocycles. The number of carbonyl (C=O) groups is 3. The van der Waals surface area contributed by atoms with E-state index < -0.39 is 17.6 Å². The molecule has 1 aromatic rings. The molecule has 0 saturated carbocycles. The molecule has 0 spiro atoms. The van der Waals surface area contributed by atoms with E-state index in [0.717, 1.165) is 6.07 Å². The van der Waals surface area contributed by atoms with Crippen LogP contribution in [0.2, 0.25) is 0 Å². The van der Waals surface area contributed by atoms with Crippen LogP contribution in [0, 0.1) is 0 Å². The van der Waals surface area contributed by atoms with E-state index >= 15 is 0 Å². The Hall–Kier alpha value is -2.28. The standard InChI is InChI=1S/C13H13ClO7/c1-3-18-12(16)20-9-6-5-8(11(14)15)7-10(9)21-13(17)19-4-2/h5-7H,3-4H2,1-2H3. The molecular formula is C13H13ClO7. The molecule has 21 heavy (non-hydrogen) atoms. The molecule has 7 nitrogen and oxygen atoms in total. The van der Waals surface area contributed by atoms with E-state index in [2.05, 4.69) is 9.47 Å². The molecule has 0 aliphatic carbocycles. The predicted octanol–water partition coefficient (Wildman–Crippen LogP) is 3.14. The monoisotopic (exact) mass is 316 g/mol. The third kappa shape index (κ3) is 5.31. The molecule has 0 aliphatic heterocycles. The van der Waals surface area contributed by atoms with E-state index in [9.17, 15) is 14.4 Å². The average Bonchev–Trinajstić information content (AvgIpc) is 2.41. The van der Waals surface area contributed by atoms with Gasteiger partial charge in [0, 0.05) is 5.56 Å². The van der Waals surface area contributed by atoms with E-state index in [4.69, 9.17) is 21.1 Å². The van der Waals surface area contributed by atoms with Crippen molar-refractivity contribution in [3.63, 3.8) is 0 Å². The van der Waals surface area contributed by atoms with Crippen LogP contribution < -0.4 is 9.47 Å². The van der Waals surface area contributed by atoms with Gasteiger partial charge < -0.3 is 18.9 Å². The van der Waals surface area contributed by atoms with Gasteiger partial charge in [-0.1, -0.05) is 0 Å². The van der Waals surface area contributed by atoms with Gasteiger partial charge in [0.15, 0.2) is 11.5 Å². The van der Waals surface area contributed by atoms with Gasteiger partial charge in [0.25, 0.3) is 5.24 Å². The first-order valence-corrected chi connectivity index (χ1v) is 6.38. The summed E-state index contributed by atoms with van der Waals surface area (Å²) in [5.74, 6) is -0.295. The van der Waals surface area contributed by atoms with Gasteiger partial charge in [-0.3, -0.25) is 4.79 Å². The molecule has 0 unspecified atom stereocenters. The summed E-state index contributed by atoms with van der Waals surface area (Å²) in [6, 6.07) is 3.71. The summed E-state index contributed by atoms with van der Waals surface area (Å²) in [6.07, 6.45) is -1.98. The van der Waals surface area contributed by atoms with Crippen LogP contribution in [0.4, 0.5) is 9.59 Å². The zero-order chi connectivity index (χ0) is 15.8. The molecule has 0 N–H and O–H groups in total. The Balaban J connectivity index is 3.01. The second kappa shape index (κ2) is 8.11. The highest BCUT2D eigenvalue weighted by atomic mass is 35.5. The Morgan fingerprint density at radius 2 is 1.48 bits per heavy atom. The average molecular weight is 317 g/mol. The number of halogens is 1. The molecule has 0 aliphatic rings. The van der Waals surface area contributed by atoms with Crippen LogP contribution >= 0.6 is 11.6 Å². The molecule has 0 radical (unpaired) electrons. The summed E-state index contributed by atoms with van der Waals surface area (Å²) >= 11 is 5.34. The van der Waals surface area contributed by atoms with Crippen molar-refractivity contribution < 1.29 is 33.3 Å². The van der Waals surface area contributed by atoms with E-state index in [0.29, 0.717) is 0 Å². The van der Waals surface area contributed by atoms with Gasteiger partial charge in [-0.25, -0.2) is 9.59 Å². The Bertz CT molecular complexity index is 541. The van der Waals surface area contributed by atoms with E-state index in [1.807, 2.05) is 0 Å². The van der Waals surface area contributed by atoms with Gasteiger partial charge in [-0.2, -0.15) is 0 Å². The summed E-state index contributed by atoms with van der Waals surface area (Å²) in [7, 11) is 0. The third-order valence-electron chi connectivity index (χ3n) is 2.08. The minimum absolute atomic E-state index is 0.0622. The zero-order valence-electron chi connectivity index (χ0n) is 11.4. The van der Waals surface area contributed by atoms with Gasteiger partial charge in [0.2, 0.25) is 0 Å². The largest absolute Gasteiger partial charge is 0.513 e. The van der Waals surface area contributed by atoms with Crippen LogP contribution in [0.15, 0.2) is 18.2 Å². The molecular weight excluding hydrogens is 304 g/mol. The highest BCUT2D eigenvalue weighted by molar-refractivity contribution is 6.67. The molecule has 0 atom stereocenters. The fourth-order valence-corrected chi connectivity index (χ4v) is 1.39. The summed E-state index contributed by atoms with van der Waals surface area (Å²) in [6.45, 7) is 3.41. The number of rotatable bonds is 5. The van der Waals surface area contributed by atoms with Crippen LogP contribution in [0.5, 0.6) is 11.5 Å². The van der Waals surface area contributed by atoms with Gasteiger partial charge in [-0.15, -0.1) is 0 Å². The highest BCUT2D eigenvalue weighted by Gasteiger charge is 2.17. The maximum Gasteiger partial charge on any atom is 0.513 e. The number of hydrogen-bond acceptors (Lipinski definition) is 7. The van der Waals surface area contributed by atoms with Crippen LogP contribution in [-0.2, 0) is 9.47 Å². The highest BCUT2D eigenvalue weighted by Crippen LogP contribution is 2.29. The van der Waals surface area contributed by atoms with E-state index in [-0.39, 0.29) is 30.3 Å². The van der Waals surface area contributed by atoms with Gasteiger partial charge in [0.05, 0.1) is 13.2 Å². The molecule has 1 aromatic carbocycles. The smallest absolute Gasteiger partial charge is 0.434 e. The number of ether oxygens (including phenoxy) is 4. The topological polar surface area (TPSA) is 88.1 Å². The van der Waals surface area contributed by atoms with Crippen LogP contribution in [0.1, 0.15) is 24.2 Å². The molecule has 0 saturated heterocycles. The van der Waals surface area contributed by atoms with Crippen molar-refractivity contribution in [2.45, 2.75) is 13.8 Å².